The molecule has 1 aromatic heterocycles. The molecule has 1 aliphatic heterocycles. The molecule has 0 fully saturated rings. The van der Waals surface area contributed by atoms with E-state index < -0.39 is 17.8 Å². The average molecular weight is 268 g/mol. The fraction of sp³-hybridized carbons (Fsp3) is 0. The van der Waals surface area contributed by atoms with E-state index in [-0.39, 0.29) is 16.8 Å². The predicted molar refractivity (Wildman–Crippen MR) is 66.6 cm³/mol. The van der Waals surface area contributed by atoms with Crippen LogP contribution < -0.4 is 0 Å². The molecule has 0 unspecified atom stereocenters. The summed E-state index contributed by atoms with van der Waals surface area (Å²) < 4.78 is 0. The lowest BCUT2D eigenvalue weighted by Crippen LogP contribution is -2.32. The third kappa shape index (κ3) is 1.83. The summed E-state index contributed by atoms with van der Waals surface area (Å²) in [6, 6.07) is 10.9. The summed E-state index contributed by atoms with van der Waals surface area (Å²) in [5.41, 5.74) is 0.446. The van der Waals surface area contributed by atoms with E-state index in [0.29, 0.717) is 5.06 Å². The van der Waals surface area contributed by atoms with Gasteiger partial charge in [0.25, 0.3) is 11.8 Å². The Hall–Kier alpha value is -3.02. The zero-order valence-corrected chi connectivity index (χ0v) is 10.1. The molecule has 0 saturated carbocycles. The first-order valence-electron chi connectivity index (χ1n) is 5.79. The van der Waals surface area contributed by atoms with Crippen molar-refractivity contribution >= 4 is 17.8 Å². The highest BCUT2D eigenvalue weighted by atomic mass is 16.7. The molecule has 0 N–H and O–H groups in total. The lowest BCUT2D eigenvalue weighted by Gasteiger charge is -2.11. The number of hydroxylamine groups is 2. The standard InChI is InChI=1S/C14H8N2O4/c17-12-9-5-1-2-6-10(9)13(18)16(12)20-14(19)11-7-3-4-8-15-11/h1-8H. The maximum Gasteiger partial charge on any atom is 0.382 e. The number of fused-ring (bicyclic) bond motifs is 1. The Morgan fingerprint density at radius 2 is 1.55 bits per heavy atom. The number of carbonyl (C=O) groups excluding carboxylic acids is 3. The summed E-state index contributed by atoms with van der Waals surface area (Å²) in [5.74, 6) is -2.18. The molecule has 0 spiro atoms. The van der Waals surface area contributed by atoms with Gasteiger partial charge in [-0.25, -0.2) is 9.78 Å². The maximum absolute atomic E-state index is 12.0. The number of benzene rings is 1. The molecule has 0 saturated heterocycles. The van der Waals surface area contributed by atoms with Crippen LogP contribution in [0.5, 0.6) is 0 Å². The Balaban J connectivity index is 1.86. The molecule has 1 aromatic carbocycles. The number of nitrogens with zero attached hydrogens (tertiary/aromatic N) is 2. The maximum atomic E-state index is 12.0. The van der Waals surface area contributed by atoms with E-state index in [9.17, 15) is 14.4 Å². The minimum Gasteiger partial charge on any atom is -0.323 e. The van der Waals surface area contributed by atoms with E-state index in [0.717, 1.165) is 0 Å². The molecule has 2 heterocycles. The van der Waals surface area contributed by atoms with Gasteiger partial charge in [0.1, 0.15) is 0 Å². The molecule has 0 radical (unpaired) electrons. The third-order valence-electron chi connectivity index (χ3n) is 2.81. The first-order chi connectivity index (χ1) is 9.68. The molecule has 1 aliphatic rings. The van der Waals surface area contributed by atoms with Crippen molar-refractivity contribution in [3.8, 4) is 0 Å². The number of rotatable bonds is 2. The Morgan fingerprint density at radius 3 is 2.10 bits per heavy atom. The van der Waals surface area contributed by atoms with Gasteiger partial charge >= 0.3 is 5.97 Å². The van der Waals surface area contributed by atoms with Crippen LogP contribution in [0.2, 0.25) is 0 Å². The van der Waals surface area contributed by atoms with Crippen molar-refractivity contribution in [2.24, 2.45) is 0 Å². The summed E-state index contributed by atoms with van der Waals surface area (Å²) >= 11 is 0. The van der Waals surface area contributed by atoms with Crippen LogP contribution in [0.3, 0.4) is 0 Å². The van der Waals surface area contributed by atoms with Gasteiger partial charge in [0, 0.05) is 6.20 Å². The molecule has 6 heteroatoms. The highest BCUT2D eigenvalue weighted by Crippen LogP contribution is 2.23. The van der Waals surface area contributed by atoms with Crippen LogP contribution in [0, 0.1) is 0 Å². The molecule has 20 heavy (non-hydrogen) atoms. The number of hydrogen-bond acceptors (Lipinski definition) is 5. The minimum absolute atomic E-state index is 0.0176. The second kappa shape index (κ2) is 4.58. The van der Waals surface area contributed by atoms with E-state index in [4.69, 9.17) is 4.84 Å². The summed E-state index contributed by atoms with van der Waals surface area (Å²) in [5, 5.41) is 0.460. The third-order valence-corrected chi connectivity index (χ3v) is 2.81. The molecule has 98 valence electrons. The highest BCUT2D eigenvalue weighted by Gasteiger charge is 2.38. The van der Waals surface area contributed by atoms with Crippen LogP contribution in [0.25, 0.3) is 0 Å². The number of aromatic nitrogens is 1. The van der Waals surface area contributed by atoms with Crippen LogP contribution in [0.1, 0.15) is 31.2 Å². The van der Waals surface area contributed by atoms with Gasteiger partial charge in [-0.3, -0.25) is 9.59 Å². The normalized spacial score (nSPS) is 13.3. The van der Waals surface area contributed by atoms with Crippen molar-refractivity contribution in [3.63, 3.8) is 0 Å². The first kappa shape index (κ1) is 12.0. The van der Waals surface area contributed by atoms with Crippen molar-refractivity contribution in [2.45, 2.75) is 0 Å². The smallest absolute Gasteiger partial charge is 0.323 e. The van der Waals surface area contributed by atoms with Gasteiger partial charge in [-0.1, -0.05) is 23.3 Å². The molecule has 0 atom stereocenters. The summed E-state index contributed by atoms with van der Waals surface area (Å²) in [6.45, 7) is 0. The number of imide groups is 1. The van der Waals surface area contributed by atoms with Crippen molar-refractivity contribution in [3.05, 3.63) is 65.5 Å². The number of amides is 2. The number of carbonyl (C=O) groups is 3. The number of pyridine rings is 1. The quantitative estimate of drug-likeness (QED) is 0.770. The highest BCUT2D eigenvalue weighted by molar-refractivity contribution is 6.21. The molecule has 3 rings (SSSR count). The summed E-state index contributed by atoms with van der Waals surface area (Å²) in [4.78, 5) is 44.4. The van der Waals surface area contributed by atoms with Gasteiger partial charge in [-0.05, 0) is 24.3 Å². The lowest BCUT2D eigenvalue weighted by atomic mass is 10.1. The van der Waals surface area contributed by atoms with E-state index in [1.54, 1.807) is 24.3 Å². The number of hydrogen-bond donors (Lipinski definition) is 0. The van der Waals surface area contributed by atoms with Crippen molar-refractivity contribution in [1.82, 2.24) is 10.0 Å². The molecule has 0 aliphatic carbocycles. The van der Waals surface area contributed by atoms with E-state index in [2.05, 4.69) is 4.98 Å². The average Bonchev–Trinajstić information content (AvgIpc) is 2.74. The predicted octanol–water partition coefficient (Wildman–Crippen LogP) is 1.45. The van der Waals surface area contributed by atoms with Gasteiger partial charge in [-0.2, -0.15) is 0 Å². The summed E-state index contributed by atoms with van der Waals surface area (Å²) in [7, 11) is 0. The Bertz CT molecular complexity index is 677. The van der Waals surface area contributed by atoms with E-state index in [1.807, 2.05) is 0 Å². The van der Waals surface area contributed by atoms with Crippen LogP contribution in [0.15, 0.2) is 48.7 Å². The molecule has 2 aromatic rings. The van der Waals surface area contributed by atoms with Crippen molar-refractivity contribution < 1.29 is 19.2 Å². The lowest BCUT2D eigenvalue weighted by molar-refractivity contribution is -0.0588. The van der Waals surface area contributed by atoms with Gasteiger partial charge in [0.2, 0.25) is 0 Å². The Kier molecular flexibility index (Phi) is 2.76. The van der Waals surface area contributed by atoms with E-state index in [1.165, 1.54) is 24.4 Å². The van der Waals surface area contributed by atoms with E-state index >= 15 is 0 Å². The van der Waals surface area contributed by atoms with Crippen LogP contribution in [-0.4, -0.2) is 27.8 Å². The SMILES string of the molecule is O=C(ON1C(=O)c2ccccc2C1=O)c1ccccn1. The van der Waals surface area contributed by atoms with Crippen LogP contribution >= 0.6 is 0 Å². The zero-order chi connectivity index (χ0) is 14.1. The second-order valence-corrected chi connectivity index (χ2v) is 4.04. The molecule has 2 amide bonds. The molecular weight excluding hydrogens is 260 g/mol. The minimum atomic E-state index is -0.861. The fourth-order valence-electron chi connectivity index (χ4n) is 1.86. The van der Waals surface area contributed by atoms with Gasteiger partial charge < -0.3 is 4.84 Å². The second-order valence-electron chi connectivity index (χ2n) is 4.04. The molecule has 0 bridgehead atoms. The molecular formula is C14H8N2O4. The van der Waals surface area contributed by atoms with Crippen LogP contribution in [0.4, 0.5) is 0 Å². The van der Waals surface area contributed by atoms with Crippen molar-refractivity contribution in [2.75, 3.05) is 0 Å². The van der Waals surface area contributed by atoms with Gasteiger partial charge in [0.05, 0.1) is 11.1 Å². The largest absolute Gasteiger partial charge is 0.382 e. The molecule has 6 nitrogen and oxygen atoms in total. The van der Waals surface area contributed by atoms with Crippen molar-refractivity contribution in [1.29, 1.82) is 0 Å². The zero-order valence-electron chi connectivity index (χ0n) is 10.1. The van der Waals surface area contributed by atoms with Crippen LogP contribution in [-0.2, 0) is 4.84 Å². The van der Waals surface area contributed by atoms with Gasteiger partial charge in [0.15, 0.2) is 5.69 Å². The fourth-order valence-corrected chi connectivity index (χ4v) is 1.86. The monoisotopic (exact) mass is 268 g/mol. The Morgan fingerprint density at radius 1 is 0.950 bits per heavy atom. The van der Waals surface area contributed by atoms with Gasteiger partial charge in [-0.15, -0.1) is 0 Å². The Labute approximate surface area is 113 Å². The summed E-state index contributed by atoms with van der Waals surface area (Å²) in [6.07, 6.45) is 1.42. The topological polar surface area (TPSA) is 76.6 Å². The first-order valence-corrected chi connectivity index (χ1v) is 5.79.